The fraction of sp³-hybridized carbons (Fsp3) is 0. The van der Waals surface area contributed by atoms with Crippen LogP contribution in [0.1, 0.15) is 10.5 Å². The molecule has 104 valence electrons. The van der Waals surface area contributed by atoms with Crippen molar-refractivity contribution in [1.82, 2.24) is 14.8 Å². The van der Waals surface area contributed by atoms with Crippen molar-refractivity contribution in [3.8, 4) is 5.69 Å². The predicted octanol–water partition coefficient (Wildman–Crippen LogP) is 3.28. The number of aromatic nitrogens is 3. The van der Waals surface area contributed by atoms with Crippen LogP contribution in [0, 0.1) is 0 Å². The van der Waals surface area contributed by atoms with Crippen molar-refractivity contribution in [2.75, 3.05) is 5.32 Å². The standard InChI is InChI=1S/C15H11BrN4O/c16-14-7-2-6-13(19-14)15(21)18-11-4-1-5-12(10-11)20-9-3-8-17-20/h1-10H,(H,18,21). The lowest BCUT2D eigenvalue weighted by molar-refractivity contribution is 0.102. The molecule has 0 saturated carbocycles. The van der Waals surface area contributed by atoms with E-state index in [9.17, 15) is 4.79 Å². The molecule has 0 spiro atoms. The minimum absolute atomic E-state index is 0.256. The predicted molar refractivity (Wildman–Crippen MR) is 83.5 cm³/mol. The second-order valence-corrected chi connectivity index (χ2v) is 5.11. The Balaban J connectivity index is 1.82. The lowest BCUT2D eigenvalue weighted by Crippen LogP contribution is -2.13. The summed E-state index contributed by atoms with van der Waals surface area (Å²) in [5.74, 6) is -0.256. The molecule has 1 amide bonds. The molecule has 0 aliphatic heterocycles. The van der Waals surface area contributed by atoms with Crippen molar-refractivity contribution in [3.05, 3.63) is 71.2 Å². The van der Waals surface area contributed by atoms with E-state index in [1.807, 2.05) is 36.5 Å². The number of carbonyl (C=O) groups is 1. The number of anilines is 1. The van der Waals surface area contributed by atoms with Gasteiger partial charge in [-0.25, -0.2) is 9.67 Å². The van der Waals surface area contributed by atoms with Crippen LogP contribution in [0.4, 0.5) is 5.69 Å². The van der Waals surface area contributed by atoms with Gasteiger partial charge in [0.05, 0.1) is 5.69 Å². The van der Waals surface area contributed by atoms with E-state index < -0.39 is 0 Å². The van der Waals surface area contributed by atoms with Crippen LogP contribution >= 0.6 is 15.9 Å². The molecule has 3 rings (SSSR count). The Kier molecular flexibility index (Phi) is 3.79. The van der Waals surface area contributed by atoms with E-state index in [1.54, 1.807) is 29.1 Å². The van der Waals surface area contributed by atoms with E-state index in [0.29, 0.717) is 16.0 Å². The Labute approximate surface area is 129 Å². The van der Waals surface area contributed by atoms with E-state index in [2.05, 4.69) is 31.3 Å². The molecule has 2 aromatic heterocycles. The van der Waals surface area contributed by atoms with Gasteiger partial charge in [0, 0.05) is 18.1 Å². The summed E-state index contributed by atoms with van der Waals surface area (Å²) in [5.41, 5.74) is 1.92. The van der Waals surface area contributed by atoms with Crippen molar-refractivity contribution in [2.24, 2.45) is 0 Å². The highest BCUT2D eigenvalue weighted by atomic mass is 79.9. The summed E-state index contributed by atoms with van der Waals surface area (Å²) in [4.78, 5) is 16.3. The maximum Gasteiger partial charge on any atom is 0.274 e. The summed E-state index contributed by atoms with van der Waals surface area (Å²) >= 11 is 3.25. The van der Waals surface area contributed by atoms with Gasteiger partial charge in [-0.3, -0.25) is 4.79 Å². The number of hydrogen-bond acceptors (Lipinski definition) is 3. The van der Waals surface area contributed by atoms with Gasteiger partial charge >= 0.3 is 0 Å². The molecule has 0 aliphatic carbocycles. The SMILES string of the molecule is O=C(Nc1cccc(-n2cccn2)c1)c1cccc(Br)n1. The highest BCUT2D eigenvalue weighted by molar-refractivity contribution is 9.10. The Morgan fingerprint density at radius 2 is 2.00 bits per heavy atom. The number of carbonyl (C=O) groups excluding carboxylic acids is 1. The summed E-state index contributed by atoms with van der Waals surface area (Å²) < 4.78 is 2.35. The van der Waals surface area contributed by atoms with Gasteiger partial charge in [-0.15, -0.1) is 0 Å². The first-order valence-electron chi connectivity index (χ1n) is 6.26. The zero-order chi connectivity index (χ0) is 14.7. The van der Waals surface area contributed by atoms with Crippen molar-refractivity contribution in [1.29, 1.82) is 0 Å². The first-order chi connectivity index (χ1) is 10.2. The van der Waals surface area contributed by atoms with E-state index in [-0.39, 0.29) is 5.91 Å². The molecule has 21 heavy (non-hydrogen) atoms. The minimum atomic E-state index is -0.256. The molecule has 1 N–H and O–H groups in total. The van der Waals surface area contributed by atoms with Crippen LogP contribution in [0.25, 0.3) is 5.69 Å². The zero-order valence-corrected chi connectivity index (χ0v) is 12.5. The van der Waals surface area contributed by atoms with E-state index in [0.717, 1.165) is 5.69 Å². The Morgan fingerprint density at radius 1 is 1.14 bits per heavy atom. The largest absolute Gasteiger partial charge is 0.321 e. The Morgan fingerprint density at radius 3 is 2.76 bits per heavy atom. The number of halogens is 1. The van der Waals surface area contributed by atoms with E-state index >= 15 is 0 Å². The molecule has 0 saturated heterocycles. The second kappa shape index (κ2) is 5.88. The van der Waals surface area contributed by atoms with Gasteiger partial charge in [-0.05, 0) is 52.3 Å². The summed E-state index contributed by atoms with van der Waals surface area (Å²) in [5, 5.41) is 6.99. The molecule has 0 bridgehead atoms. The number of nitrogens with zero attached hydrogens (tertiary/aromatic N) is 3. The van der Waals surface area contributed by atoms with Gasteiger partial charge in [-0.2, -0.15) is 5.10 Å². The van der Waals surface area contributed by atoms with Gasteiger partial charge < -0.3 is 5.32 Å². The fourth-order valence-corrected chi connectivity index (χ4v) is 2.22. The van der Waals surface area contributed by atoms with Crippen LogP contribution in [0.5, 0.6) is 0 Å². The molecular formula is C15H11BrN4O. The monoisotopic (exact) mass is 342 g/mol. The van der Waals surface area contributed by atoms with Crippen molar-refractivity contribution < 1.29 is 4.79 Å². The number of amides is 1. The average Bonchev–Trinajstić information content (AvgIpc) is 3.02. The molecule has 0 unspecified atom stereocenters. The number of benzene rings is 1. The van der Waals surface area contributed by atoms with Crippen LogP contribution in [0.15, 0.2) is 65.5 Å². The maximum absolute atomic E-state index is 12.1. The number of nitrogens with one attached hydrogen (secondary N) is 1. The van der Waals surface area contributed by atoms with Gasteiger partial charge in [0.25, 0.3) is 5.91 Å². The third-order valence-corrected chi connectivity index (χ3v) is 3.26. The first-order valence-corrected chi connectivity index (χ1v) is 7.06. The molecule has 0 radical (unpaired) electrons. The summed E-state index contributed by atoms with van der Waals surface area (Å²) in [6.45, 7) is 0. The number of hydrogen-bond donors (Lipinski definition) is 1. The lowest BCUT2D eigenvalue weighted by atomic mass is 10.2. The van der Waals surface area contributed by atoms with Gasteiger partial charge in [0.15, 0.2) is 0 Å². The van der Waals surface area contributed by atoms with Crippen LogP contribution in [-0.2, 0) is 0 Å². The lowest BCUT2D eigenvalue weighted by Gasteiger charge is -2.07. The molecule has 0 fully saturated rings. The van der Waals surface area contributed by atoms with E-state index in [4.69, 9.17) is 0 Å². The first kappa shape index (κ1) is 13.5. The average molecular weight is 343 g/mol. The summed E-state index contributed by atoms with van der Waals surface area (Å²) in [6.07, 6.45) is 3.55. The van der Waals surface area contributed by atoms with E-state index in [1.165, 1.54) is 0 Å². The molecule has 0 atom stereocenters. The molecule has 0 aliphatic rings. The maximum atomic E-state index is 12.1. The highest BCUT2D eigenvalue weighted by Crippen LogP contribution is 2.15. The van der Waals surface area contributed by atoms with Gasteiger partial charge in [0.1, 0.15) is 10.3 Å². The van der Waals surface area contributed by atoms with Crippen LogP contribution < -0.4 is 5.32 Å². The topological polar surface area (TPSA) is 59.8 Å². The molecular weight excluding hydrogens is 332 g/mol. The van der Waals surface area contributed by atoms with Gasteiger partial charge in [0.2, 0.25) is 0 Å². The third kappa shape index (κ3) is 3.17. The summed E-state index contributed by atoms with van der Waals surface area (Å²) in [7, 11) is 0. The number of pyridine rings is 1. The molecule has 3 aromatic rings. The summed E-state index contributed by atoms with van der Waals surface area (Å²) in [6, 6.07) is 14.5. The smallest absolute Gasteiger partial charge is 0.274 e. The molecule has 5 nitrogen and oxygen atoms in total. The Hall–Kier alpha value is -2.47. The van der Waals surface area contributed by atoms with Crippen molar-refractivity contribution >= 4 is 27.5 Å². The molecule has 6 heteroatoms. The van der Waals surface area contributed by atoms with Crippen molar-refractivity contribution in [2.45, 2.75) is 0 Å². The quantitative estimate of drug-likeness (QED) is 0.743. The Bertz CT molecular complexity index is 771. The molecule has 1 aromatic carbocycles. The van der Waals surface area contributed by atoms with Crippen molar-refractivity contribution in [3.63, 3.8) is 0 Å². The van der Waals surface area contributed by atoms with Crippen LogP contribution in [0.2, 0.25) is 0 Å². The highest BCUT2D eigenvalue weighted by Gasteiger charge is 2.08. The zero-order valence-electron chi connectivity index (χ0n) is 10.9. The third-order valence-electron chi connectivity index (χ3n) is 2.82. The van der Waals surface area contributed by atoms with Crippen LogP contribution in [0.3, 0.4) is 0 Å². The molecule has 2 heterocycles. The van der Waals surface area contributed by atoms with Gasteiger partial charge in [-0.1, -0.05) is 12.1 Å². The normalized spacial score (nSPS) is 10.3. The number of rotatable bonds is 3. The fourth-order valence-electron chi connectivity index (χ4n) is 1.88. The second-order valence-electron chi connectivity index (χ2n) is 4.30. The van der Waals surface area contributed by atoms with Crippen LogP contribution in [-0.4, -0.2) is 20.7 Å². The minimum Gasteiger partial charge on any atom is -0.321 e.